The number of phosphoric ester groups is 1. The molecule has 9 N–H and O–H groups in total. The summed E-state index contributed by atoms with van der Waals surface area (Å²) in [4.78, 5) is 23.6. The van der Waals surface area contributed by atoms with Gasteiger partial charge >= 0.3 is 7.82 Å². The Bertz CT molecular complexity index is 1230. The fourth-order valence-corrected chi connectivity index (χ4v) is 10.4. The fourth-order valence-electron chi connectivity index (χ4n) is 9.48. The number of nitrogens with one attached hydrogen (secondary N) is 1. The zero-order valence-corrected chi connectivity index (χ0v) is 44.9. The van der Waals surface area contributed by atoms with Crippen LogP contribution in [-0.4, -0.2) is 108 Å². The molecule has 8 atom stereocenters. The number of aliphatic hydroxyl groups is 7. The van der Waals surface area contributed by atoms with E-state index >= 15 is 0 Å². The van der Waals surface area contributed by atoms with Crippen molar-refractivity contribution in [2.75, 3.05) is 6.61 Å². The molecule has 1 rings (SSSR count). The van der Waals surface area contributed by atoms with E-state index in [0.29, 0.717) is 12.8 Å². The van der Waals surface area contributed by atoms with Gasteiger partial charge in [0, 0.05) is 0 Å². The highest BCUT2D eigenvalue weighted by Gasteiger charge is 2.51. The Morgan fingerprint density at radius 3 is 1.19 bits per heavy atom. The molecular formula is C55H108NO12P. The summed E-state index contributed by atoms with van der Waals surface area (Å²) in [6.07, 6.45) is 36.8. The minimum Gasteiger partial charge on any atom is -0.393 e. The van der Waals surface area contributed by atoms with Crippen LogP contribution in [0.4, 0.5) is 0 Å². The molecule has 410 valence electrons. The van der Waals surface area contributed by atoms with Crippen LogP contribution in [0, 0.1) is 0 Å². The maximum atomic E-state index is 13.1. The van der Waals surface area contributed by atoms with E-state index in [-0.39, 0.29) is 12.8 Å². The number of phosphoric acid groups is 1. The molecule has 1 fully saturated rings. The topological polar surface area (TPSA) is 226 Å². The molecule has 69 heavy (non-hydrogen) atoms. The van der Waals surface area contributed by atoms with Crippen LogP contribution in [0.3, 0.4) is 0 Å². The summed E-state index contributed by atoms with van der Waals surface area (Å²) in [5.41, 5.74) is 0. The van der Waals surface area contributed by atoms with Gasteiger partial charge in [0.1, 0.15) is 36.6 Å². The van der Waals surface area contributed by atoms with Gasteiger partial charge in [-0.05, 0) is 38.5 Å². The van der Waals surface area contributed by atoms with Crippen LogP contribution in [0.5, 0.6) is 0 Å². The van der Waals surface area contributed by atoms with E-state index in [1.165, 1.54) is 161 Å². The zero-order valence-electron chi connectivity index (χ0n) is 44.0. The first-order valence-corrected chi connectivity index (χ1v) is 30.2. The summed E-state index contributed by atoms with van der Waals surface area (Å²) in [6.45, 7) is 3.84. The van der Waals surface area contributed by atoms with Gasteiger partial charge in [-0.2, -0.15) is 0 Å². The van der Waals surface area contributed by atoms with Crippen molar-refractivity contribution < 1.29 is 59.0 Å². The molecule has 0 aromatic rings. The molecule has 0 aromatic heterocycles. The van der Waals surface area contributed by atoms with Crippen molar-refractivity contribution in [3.05, 3.63) is 12.2 Å². The predicted molar refractivity (Wildman–Crippen MR) is 280 cm³/mol. The molecule has 0 aromatic carbocycles. The first-order chi connectivity index (χ1) is 33.3. The number of amides is 1. The summed E-state index contributed by atoms with van der Waals surface area (Å²) in [5.74, 6) is -0.560. The first-order valence-electron chi connectivity index (χ1n) is 28.7. The van der Waals surface area contributed by atoms with E-state index in [2.05, 4.69) is 31.3 Å². The Morgan fingerprint density at radius 1 is 0.493 bits per heavy atom. The number of allylic oxidation sites excluding steroid dienone is 2. The van der Waals surface area contributed by atoms with Gasteiger partial charge in [-0.25, -0.2) is 4.57 Å². The van der Waals surface area contributed by atoms with E-state index in [1.807, 2.05) is 0 Å². The third-order valence-electron chi connectivity index (χ3n) is 14.1. The van der Waals surface area contributed by atoms with Gasteiger partial charge in [-0.1, -0.05) is 238 Å². The molecule has 0 spiro atoms. The Morgan fingerprint density at radius 2 is 0.812 bits per heavy atom. The van der Waals surface area contributed by atoms with Gasteiger partial charge in [0.05, 0.1) is 31.3 Å². The molecule has 0 saturated heterocycles. The summed E-state index contributed by atoms with van der Waals surface area (Å²) in [6, 6.07) is -1.16. The van der Waals surface area contributed by atoms with E-state index in [9.17, 15) is 50.0 Å². The molecule has 1 aliphatic rings. The third kappa shape index (κ3) is 35.8. The Hall–Kier alpha value is -0.960. The van der Waals surface area contributed by atoms with Gasteiger partial charge in [-0.15, -0.1) is 0 Å². The van der Waals surface area contributed by atoms with Gasteiger partial charge in [0.2, 0.25) is 5.91 Å². The summed E-state index contributed by atoms with van der Waals surface area (Å²) < 4.78 is 23.1. The van der Waals surface area contributed by atoms with Crippen LogP contribution in [0.2, 0.25) is 0 Å². The monoisotopic (exact) mass is 1010 g/mol. The summed E-state index contributed by atoms with van der Waals surface area (Å²) in [5, 5.41) is 75.0. The first kappa shape index (κ1) is 66.1. The summed E-state index contributed by atoms with van der Waals surface area (Å²) >= 11 is 0. The molecule has 1 saturated carbocycles. The van der Waals surface area contributed by atoms with Crippen molar-refractivity contribution in [1.29, 1.82) is 0 Å². The number of carbonyl (C=O) groups excluding carboxylic acids is 1. The van der Waals surface area contributed by atoms with Crippen LogP contribution in [-0.2, 0) is 18.4 Å². The van der Waals surface area contributed by atoms with Gasteiger partial charge in [-0.3, -0.25) is 13.8 Å². The van der Waals surface area contributed by atoms with Gasteiger partial charge in [0.25, 0.3) is 0 Å². The van der Waals surface area contributed by atoms with Crippen LogP contribution < -0.4 is 5.32 Å². The molecule has 1 aliphatic carbocycles. The van der Waals surface area contributed by atoms with Crippen molar-refractivity contribution >= 4 is 13.7 Å². The van der Waals surface area contributed by atoms with Crippen LogP contribution in [0.15, 0.2) is 12.2 Å². The van der Waals surface area contributed by atoms with Crippen molar-refractivity contribution in [3.63, 3.8) is 0 Å². The second-order valence-electron chi connectivity index (χ2n) is 20.7. The van der Waals surface area contributed by atoms with E-state index in [4.69, 9.17) is 9.05 Å². The molecule has 14 heteroatoms. The average molecular weight is 1010 g/mol. The van der Waals surface area contributed by atoms with E-state index in [1.54, 1.807) is 0 Å². The van der Waals surface area contributed by atoms with Crippen molar-refractivity contribution in [1.82, 2.24) is 5.32 Å². The highest BCUT2D eigenvalue weighted by Crippen LogP contribution is 2.47. The van der Waals surface area contributed by atoms with Crippen molar-refractivity contribution in [3.8, 4) is 0 Å². The Balaban J connectivity index is 2.40. The number of carbonyl (C=O) groups is 1. The fraction of sp³-hybridized carbons (Fsp3) is 0.945. The smallest absolute Gasteiger partial charge is 0.393 e. The number of unbranched alkanes of at least 4 members (excludes halogenated alkanes) is 34. The van der Waals surface area contributed by atoms with E-state index in [0.717, 1.165) is 70.6 Å². The second-order valence-corrected chi connectivity index (χ2v) is 22.1. The SMILES string of the molecule is CCCCCCCCCCCCCC/C=C\CCCCCCCC(O)CC(=O)NC(COP(=O)(O)OC1C(O)C(O)C(O)C(O)C1O)C(O)CCCCCCCCCCCCCCCCCCCC. The molecule has 8 unspecified atom stereocenters. The van der Waals surface area contributed by atoms with Crippen LogP contribution in [0.1, 0.15) is 271 Å². The molecule has 0 aliphatic heterocycles. The zero-order chi connectivity index (χ0) is 50.8. The lowest BCUT2D eigenvalue weighted by Crippen LogP contribution is -2.64. The lowest BCUT2D eigenvalue weighted by molar-refractivity contribution is -0.220. The Labute approximate surface area is 421 Å². The number of hydrogen-bond donors (Lipinski definition) is 9. The average Bonchev–Trinajstić information content (AvgIpc) is 3.32. The lowest BCUT2D eigenvalue weighted by atomic mass is 9.85. The van der Waals surface area contributed by atoms with Crippen molar-refractivity contribution in [2.45, 2.75) is 326 Å². The maximum absolute atomic E-state index is 13.1. The highest BCUT2D eigenvalue weighted by molar-refractivity contribution is 7.47. The molecule has 1 amide bonds. The Kier molecular flexibility index (Phi) is 42.6. The molecule has 0 bridgehead atoms. The molecule has 0 heterocycles. The minimum atomic E-state index is -5.12. The lowest BCUT2D eigenvalue weighted by Gasteiger charge is -2.41. The normalized spacial score (nSPS) is 21.9. The van der Waals surface area contributed by atoms with Crippen molar-refractivity contribution in [2.24, 2.45) is 0 Å². The number of rotatable bonds is 49. The predicted octanol–water partition coefficient (Wildman–Crippen LogP) is 11.7. The highest BCUT2D eigenvalue weighted by atomic mass is 31.2. The van der Waals surface area contributed by atoms with Gasteiger partial charge < -0.3 is 46.0 Å². The second kappa shape index (κ2) is 44.5. The van der Waals surface area contributed by atoms with Crippen LogP contribution in [0.25, 0.3) is 0 Å². The largest absolute Gasteiger partial charge is 0.472 e. The number of aliphatic hydroxyl groups excluding tert-OH is 7. The van der Waals surface area contributed by atoms with Gasteiger partial charge in [0.15, 0.2) is 0 Å². The number of hydrogen-bond acceptors (Lipinski definition) is 11. The maximum Gasteiger partial charge on any atom is 0.472 e. The standard InChI is InChI=1S/C55H108NO12P/c1-3-5-7-9-11-13-15-17-19-21-23-24-25-26-28-30-32-34-36-38-40-42-46(57)44-49(59)56-47(45-67-69(65,66)68-55-53(63)51(61)50(60)52(62)54(55)64)48(58)43-41-39-37-35-33-31-29-27-22-20-18-16-14-12-10-8-6-4-2/h26,28,46-48,50-55,57-58,60-64H,3-25,27,29-45H2,1-2H3,(H,56,59)(H,65,66)/b28-26-. The molecular weight excluding hydrogens is 898 g/mol. The molecule has 0 radical (unpaired) electrons. The minimum absolute atomic E-state index is 0.224. The molecule has 13 nitrogen and oxygen atoms in total. The van der Waals surface area contributed by atoms with E-state index < -0.39 is 75.2 Å². The quantitative estimate of drug-likeness (QED) is 0.0158. The van der Waals surface area contributed by atoms with Crippen LogP contribution >= 0.6 is 7.82 Å². The summed E-state index contributed by atoms with van der Waals surface area (Å²) in [7, 11) is -5.12. The third-order valence-corrected chi connectivity index (χ3v) is 15.1.